The number of benzene rings is 2. The summed E-state index contributed by atoms with van der Waals surface area (Å²) in [5, 5.41) is 2.72. The number of hydrogen-bond donors (Lipinski definition) is 4. The summed E-state index contributed by atoms with van der Waals surface area (Å²) in [4.78, 5) is 31.6. The van der Waals surface area contributed by atoms with Crippen LogP contribution in [0.5, 0.6) is 5.75 Å². The number of carbonyl (C=O) groups excluding carboxylic acids is 1. The number of rotatable bonds is 9. The maximum Gasteiger partial charge on any atom is 0.323 e. The minimum Gasteiger partial charge on any atom is -0.495 e. The van der Waals surface area contributed by atoms with E-state index < -0.39 is 15.9 Å². The van der Waals surface area contributed by atoms with E-state index in [0.29, 0.717) is 36.4 Å². The van der Waals surface area contributed by atoms with E-state index >= 15 is 0 Å². The molecule has 11 nitrogen and oxygen atoms in total. The summed E-state index contributed by atoms with van der Waals surface area (Å²) in [6.45, 7) is 4.08. The first-order valence-corrected chi connectivity index (χ1v) is 12.4. The molecular weight excluding hydrogens is 462 g/mol. The predicted octanol–water partition coefficient (Wildman–Crippen LogP) is 1.12. The van der Waals surface area contributed by atoms with E-state index in [9.17, 15) is 18.0 Å². The average molecular weight is 490 g/mol. The highest BCUT2D eigenvalue weighted by Gasteiger charge is 2.22. The van der Waals surface area contributed by atoms with Crippen LogP contribution in [0.25, 0.3) is 11.0 Å². The van der Waals surface area contributed by atoms with E-state index in [1.54, 1.807) is 18.2 Å². The number of amides is 1. The molecule has 0 bridgehead atoms. The lowest BCUT2D eigenvalue weighted by Gasteiger charge is -2.26. The Labute approximate surface area is 196 Å². The van der Waals surface area contributed by atoms with Crippen LogP contribution in [-0.4, -0.2) is 75.7 Å². The number of morpholine rings is 1. The standard InChI is InChI=1S/C22H27N5O6S/c1-32-19-6-3-15(21(28)24-16-4-5-17-18(14-16)26-22(29)25-17)13-20(19)34(30,31)23-7-2-8-27-9-11-33-12-10-27/h3-6,13-14,23H,2,7-12H2,1H3,(H,24,28)(H2,25,26,29). The molecule has 4 N–H and O–H groups in total. The second kappa shape index (κ2) is 10.4. The van der Waals surface area contributed by atoms with Crippen LogP contribution in [0.15, 0.2) is 46.1 Å². The Bertz CT molecular complexity index is 1330. The monoisotopic (exact) mass is 489 g/mol. The Hall–Kier alpha value is -3.19. The molecule has 3 aromatic rings. The lowest BCUT2D eigenvalue weighted by Crippen LogP contribution is -2.38. The molecule has 1 aromatic heterocycles. The van der Waals surface area contributed by atoms with Gasteiger partial charge in [0.1, 0.15) is 10.6 Å². The van der Waals surface area contributed by atoms with E-state index in [1.807, 2.05) is 0 Å². The van der Waals surface area contributed by atoms with Crippen LogP contribution in [-0.2, 0) is 14.8 Å². The van der Waals surface area contributed by atoms with Gasteiger partial charge in [-0.05, 0) is 49.4 Å². The molecule has 2 aromatic carbocycles. The van der Waals surface area contributed by atoms with Crippen LogP contribution >= 0.6 is 0 Å². The zero-order valence-electron chi connectivity index (χ0n) is 18.7. The van der Waals surface area contributed by atoms with Gasteiger partial charge in [0.05, 0.1) is 31.4 Å². The van der Waals surface area contributed by atoms with Gasteiger partial charge in [-0.25, -0.2) is 17.9 Å². The minimum atomic E-state index is -3.90. The maximum absolute atomic E-state index is 13.0. The molecule has 0 radical (unpaired) electrons. The number of aromatic amines is 2. The van der Waals surface area contributed by atoms with Crippen molar-refractivity contribution in [2.24, 2.45) is 0 Å². The van der Waals surface area contributed by atoms with E-state index in [1.165, 1.54) is 25.3 Å². The smallest absolute Gasteiger partial charge is 0.323 e. The third-order valence-corrected chi connectivity index (χ3v) is 7.02. The Kier molecular flexibility index (Phi) is 7.32. The molecule has 1 aliphatic rings. The summed E-state index contributed by atoms with van der Waals surface area (Å²) in [5.74, 6) is -0.354. The molecule has 0 aliphatic carbocycles. The first-order valence-electron chi connectivity index (χ1n) is 10.9. The summed E-state index contributed by atoms with van der Waals surface area (Å²) in [6.07, 6.45) is 0.644. The molecular formula is C22H27N5O6S. The first kappa shape index (κ1) is 24.0. The fourth-order valence-electron chi connectivity index (χ4n) is 3.75. The largest absolute Gasteiger partial charge is 0.495 e. The van der Waals surface area contributed by atoms with Crippen LogP contribution < -0.4 is 20.5 Å². The third-order valence-electron chi connectivity index (χ3n) is 5.54. The van der Waals surface area contributed by atoms with Crippen molar-refractivity contribution in [2.45, 2.75) is 11.3 Å². The highest BCUT2D eigenvalue weighted by Crippen LogP contribution is 2.25. The highest BCUT2D eigenvalue weighted by molar-refractivity contribution is 7.89. The van der Waals surface area contributed by atoms with E-state index in [4.69, 9.17) is 9.47 Å². The summed E-state index contributed by atoms with van der Waals surface area (Å²) < 4.78 is 39.0. The van der Waals surface area contributed by atoms with Gasteiger partial charge in [-0.15, -0.1) is 0 Å². The van der Waals surface area contributed by atoms with Crippen LogP contribution in [0.4, 0.5) is 5.69 Å². The number of H-pyrrole nitrogens is 2. The lowest BCUT2D eigenvalue weighted by atomic mass is 10.2. The van der Waals surface area contributed by atoms with Crippen molar-refractivity contribution in [3.8, 4) is 5.75 Å². The molecule has 1 saturated heterocycles. The predicted molar refractivity (Wildman–Crippen MR) is 127 cm³/mol. The number of nitrogens with zero attached hydrogens (tertiary/aromatic N) is 1. The molecule has 0 atom stereocenters. The number of hydrogen-bond acceptors (Lipinski definition) is 7. The zero-order valence-corrected chi connectivity index (χ0v) is 19.5. The van der Waals surface area contributed by atoms with Crippen LogP contribution in [0.3, 0.4) is 0 Å². The van der Waals surface area contributed by atoms with Gasteiger partial charge in [-0.1, -0.05) is 0 Å². The SMILES string of the molecule is COc1ccc(C(=O)Nc2ccc3[nH]c(=O)[nH]c3c2)cc1S(=O)(=O)NCCCN1CCOCC1. The average Bonchev–Trinajstić information content (AvgIpc) is 3.21. The molecule has 1 amide bonds. The number of anilines is 1. The van der Waals surface area contributed by atoms with Gasteiger partial charge in [-0.3, -0.25) is 9.69 Å². The van der Waals surface area contributed by atoms with Gasteiger partial charge in [0, 0.05) is 30.9 Å². The number of nitrogens with one attached hydrogen (secondary N) is 4. The Morgan fingerprint density at radius 3 is 2.65 bits per heavy atom. The number of fused-ring (bicyclic) bond motifs is 1. The molecule has 34 heavy (non-hydrogen) atoms. The quantitative estimate of drug-likeness (QED) is 0.330. The van der Waals surface area contributed by atoms with Gasteiger partial charge in [-0.2, -0.15) is 0 Å². The van der Waals surface area contributed by atoms with Crippen LogP contribution in [0.2, 0.25) is 0 Å². The van der Waals surface area contributed by atoms with Gasteiger partial charge in [0.15, 0.2) is 0 Å². The number of ether oxygens (including phenoxy) is 2. The van der Waals surface area contributed by atoms with Crippen molar-refractivity contribution in [1.82, 2.24) is 19.6 Å². The number of methoxy groups -OCH3 is 1. The lowest BCUT2D eigenvalue weighted by molar-refractivity contribution is 0.0376. The number of aromatic nitrogens is 2. The molecule has 4 rings (SSSR count). The van der Waals surface area contributed by atoms with Gasteiger partial charge in [0.25, 0.3) is 5.91 Å². The number of sulfonamides is 1. The van der Waals surface area contributed by atoms with E-state index in [0.717, 1.165) is 19.6 Å². The van der Waals surface area contributed by atoms with Crippen LogP contribution in [0, 0.1) is 0 Å². The molecule has 0 unspecified atom stereocenters. The minimum absolute atomic E-state index is 0.112. The topological polar surface area (TPSA) is 146 Å². The van der Waals surface area contributed by atoms with Gasteiger partial charge >= 0.3 is 5.69 Å². The highest BCUT2D eigenvalue weighted by atomic mass is 32.2. The van der Waals surface area contributed by atoms with E-state index in [2.05, 4.69) is 24.9 Å². The molecule has 1 aliphatic heterocycles. The van der Waals surface area contributed by atoms with E-state index in [-0.39, 0.29) is 28.4 Å². The fraction of sp³-hybridized carbons (Fsp3) is 0.364. The van der Waals surface area contributed by atoms with Crippen molar-refractivity contribution in [1.29, 1.82) is 0 Å². The molecule has 182 valence electrons. The van der Waals surface area contributed by atoms with Crippen molar-refractivity contribution in [2.75, 3.05) is 51.8 Å². The number of carbonyl (C=O) groups is 1. The summed E-state index contributed by atoms with van der Waals surface area (Å²) in [5.41, 5.74) is 1.41. The summed E-state index contributed by atoms with van der Waals surface area (Å²) in [6, 6.07) is 9.14. The maximum atomic E-state index is 13.0. The Morgan fingerprint density at radius 2 is 1.88 bits per heavy atom. The molecule has 12 heteroatoms. The molecule has 0 spiro atoms. The Morgan fingerprint density at radius 1 is 1.12 bits per heavy atom. The third kappa shape index (κ3) is 5.65. The summed E-state index contributed by atoms with van der Waals surface area (Å²) in [7, 11) is -2.53. The normalized spacial score (nSPS) is 14.9. The first-order chi connectivity index (χ1) is 16.4. The van der Waals surface area contributed by atoms with Gasteiger partial charge in [0.2, 0.25) is 10.0 Å². The molecule has 0 saturated carbocycles. The zero-order chi connectivity index (χ0) is 24.1. The van der Waals surface area contributed by atoms with Crippen molar-refractivity contribution in [3.63, 3.8) is 0 Å². The summed E-state index contributed by atoms with van der Waals surface area (Å²) >= 11 is 0. The molecule has 2 heterocycles. The van der Waals surface area contributed by atoms with Crippen LogP contribution in [0.1, 0.15) is 16.8 Å². The molecule has 1 fully saturated rings. The second-order valence-corrected chi connectivity index (χ2v) is 9.60. The fourth-order valence-corrected chi connectivity index (χ4v) is 5.02. The van der Waals surface area contributed by atoms with Crippen molar-refractivity contribution in [3.05, 3.63) is 52.4 Å². The van der Waals surface area contributed by atoms with Gasteiger partial charge < -0.3 is 24.8 Å². The number of imidazole rings is 1. The Balaban J connectivity index is 1.44. The second-order valence-electron chi connectivity index (χ2n) is 7.86. The van der Waals surface area contributed by atoms with Crippen molar-refractivity contribution < 1.29 is 22.7 Å². The van der Waals surface area contributed by atoms with Crippen molar-refractivity contribution >= 4 is 32.7 Å².